The van der Waals surface area contributed by atoms with Gasteiger partial charge in [-0.3, -0.25) is 0 Å². The van der Waals surface area contributed by atoms with E-state index >= 15 is 0 Å². The first-order chi connectivity index (χ1) is 5.70. The Morgan fingerprint density at radius 3 is 2.75 bits per heavy atom. The van der Waals surface area contributed by atoms with Crippen molar-refractivity contribution < 1.29 is 4.74 Å². The zero-order chi connectivity index (χ0) is 9.14. The van der Waals surface area contributed by atoms with Crippen LogP contribution in [0.5, 0.6) is 5.75 Å². The van der Waals surface area contributed by atoms with E-state index < -0.39 is 0 Å². The number of hydrogen-bond donors (Lipinski definition) is 2. The van der Waals surface area contributed by atoms with Gasteiger partial charge in [-0.25, -0.2) is 10.5 Å². The summed E-state index contributed by atoms with van der Waals surface area (Å²) in [6, 6.07) is 0.264. The van der Waals surface area contributed by atoms with Gasteiger partial charge < -0.3 is 10.2 Å². The number of nitrogens with two attached hydrogens (primary N) is 1. The van der Waals surface area contributed by atoms with Crippen molar-refractivity contribution in [3.8, 4) is 5.75 Å². The van der Waals surface area contributed by atoms with E-state index in [4.69, 9.17) is 10.6 Å². The highest BCUT2D eigenvalue weighted by Gasteiger charge is 2.11. The molecule has 0 spiro atoms. The van der Waals surface area contributed by atoms with Gasteiger partial charge in [-0.15, -0.1) is 0 Å². The number of ether oxygens (including phenoxy) is 1. The first-order valence-electron chi connectivity index (χ1n) is 3.78. The van der Waals surface area contributed by atoms with Crippen LogP contribution in [0.1, 0.15) is 19.9 Å². The van der Waals surface area contributed by atoms with Gasteiger partial charge in [-0.2, -0.15) is 5.10 Å². The number of nitrogens with one attached hydrogen (secondary N) is 1. The van der Waals surface area contributed by atoms with Gasteiger partial charge in [0.25, 0.3) is 0 Å². The van der Waals surface area contributed by atoms with Crippen molar-refractivity contribution in [3.05, 3.63) is 6.20 Å². The fourth-order valence-electron chi connectivity index (χ4n) is 1.02. The van der Waals surface area contributed by atoms with Crippen LogP contribution >= 0.6 is 0 Å². The van der Waals surface area contributed by atoms with Crippen LogP contribution in [0.4, 0.5) is 5.82 Å². The van der Waals surface area contributed by atoms with Crippen LogP contribution in [0.15, 0.2) is 6.20 Å². The smallest absolute Gasteiger partial charge is 0.182 e. The van der Waals surface area contributed by atoms with Crippen molar-refractivity contribution in [2.45, 2.75) is 19.9 Å². The maximum Gasteiger partial charge on any atom is 0.182 e. The Morgan fingerprint density at radius 2 is 2.33 bits per heavy atom. The number of nitrogen functional groups attached to an aromatic ring is 1. The molecule has 0 fully saturated rings. The van der Waals surface area contributed by atoms with E-state index in [9.17, 15) is 0 Å². The third-order valence-electron chi connectivity index (χ3n) is 1.61. The Bertz CT molecular complexity index is 256. The molecular formula is C7H14N4O. The highest BCUT2D eigenvalue weighted by Crippen LogP contribution is 2.24. The fraction of sp³-hybridized carbons (Fsp3) is 0.571. The lowest BCUT2D eigenvalue weighted by molar-refractivity contribution is 0.415. The van der Waals surface area contributed by atoms with Crippen molar-refractivity contribution in [1.82, 2.24) is 9.78 Å². The molecule has 1 aromatic heterocycles. The molecule has 1 rings (SSSR count). The zero-order valence-corrected chi connectivity index (χ0v) is 7.53. The van der Waals surface area contributed by atoms with Gasteiger partial charge in [-0.1, -0.05) is 0 Å². The van der Waals surface area contributed by atoms with Crippen molar-refractivity contribution in [3.63, 3.8) is 0 Å². The Morgan fingerprint density at radius 1 is 1.67 bits per heavy atom. The average Bonchev–Trinajstić information content (AvgIpc) is 2.46. The van der Waals surface area contributed by atoms with E-state index in [0.29, 0.717) is 11.6 Å². The predicted octanol–water partition coefficient (Wildman–Crippen LogP) is 0.758. The molecule has 5 nitrogen and oxygen atoms in total. The van der Waals surface area contributed by atoms with Gasteiger partial charge in [0.15, 0.2) is 11.6 Å². The van der Waals surface area contributed by atoms with Crippen LogP contribution < -0.4 is 16.0 Å². The molecule has 0 saturated carbocycles. The summed E-state index contributed by atoms with van der Waals surface area (Å²) in [5, 5.41) is 4.11. The number of hydrazine groups is 1. The molecule has 0 unspecified atom stereocenters. The summed E-state index contributed by atoms with van der Waals surface area (Å²) in [7, 11) is 1.59. The first kappa shape index (κ1) is 8.86. The number of aromatic nitrogens is 2. The second-order valence-corrected chi connectivity index (χ2v) is 2.74. The monoisotopic (exact) mass is 170 g/mol. The van der Waals surface area contributed by atoms with Crippen molar-refractivity contribution >= 4 is 5.82 Å². The van der Waals surface area contributed by atoms with E-state index in [2.05, 4.69) is 10.5 Å². The Kier molecular flexibility index (Phi) is 2.54. The molecule has 3 N–H and O–H groups in total. The Hall–Kier alpha value is -1.23. The van der Waals surface area contributed by atoms with Gasteiger partial charge in [0, 0.05) is 6.04 Å². The largest absolute Gasteiger partial charge is 0.491 e. The van der Waals surface area contributed by atoms with Crippen LogP contribution in [-0.4, -0.2) is 16.9 Å². The topological polar surface area (TPSA) is 65.1 Å². The lowest BCUT2D eigenvalue weighted by atomic mass is 10.4. The van der Waals surface area contributed by atoms with E-state index in [0.717, 1.165) is 0 Å². The molecule has 0 aliphatic heterocycles. The molecular weight excluding hydrogens is 156 g/mol. The van der Waals surface area contributed by atoms with Crippen LogP contribution in [0.3, 0.4) is 0 Å². The van der Waals surface area contributed by atoms with Gasteiger partial charge in [-0.05, 0) is 13.8 Å². The van der Waals surface area contributed by atoms with Gasteiger partial charge in [0.2, 0.25) is 0 Å². The lowest BCUT2D eigenvalue weighted by Gasteiger charge is -2.10. The van der Waals surface area contributed by atoms with Crippen molar-refractivity contribution in [2.75, 3.05) is 12.5 Å². The third kappa shape index (κ3) is 1.35. The maximum absolute atomic E-state index is 5.32. The highest BCUT2D eigenvalue weighted by atomic mass is 16.5. The van der Waals surface area contributed by atoms with E-state index in [1.54, 1.807) is 18.0 Å². The summed E-state index contributed by atoms with van der Waals surface area (Å²) in [4.78, 5) is 0. The summed E-state index contributed by atoms with van der Waals surface area (Å²) in [6.07, 6.45) is 1.63. The fourth-order valence-corrected chi connectivity index (χ4v) is 1.02. The quantitative estimate of drug-likeness (QED) is 0.519. The summed E-state index contributed by atoms with van der Waals surface area (Å²) in [5.41, 5.74) is 2.55. The van der Waals surface area contributed by atoms with E-state index in [-0.39, 0.29) is 6.04 Å². The van der Waals surface area contributed by atoms with Crippen LogP contribution in [-0.2, 0) is 0 Å². The molecule has 0 aliphatic carbocycles. The molecule has 5 heteroatoms. The Balaban J connectivity index is 3.05. The van der Waals surface area contributed by atoms with Crippen LogP contribution in [0.25, 0.3) is 0 Å². The number of rotatable bonds is 3. The van der Waals surface area contributed by atoms with Gasteiger partial charge in [0.1, 0.15) is 0 Å². The second-order valence-electron chi connectivity index (χ2n) is 2.74. The minimum atomic E-state index is 0.264. The first-order valence-corrected chi connectivity index (χ1v) is 3.78. The average molecular weight is 170 g/mol. The highest BCUT2D eigenvalue weighted by molar-refractivity contribution is 5.48. The maximum atomic E-state index is 5.32. The van der Waals surface area contributed by atoms with Crippen molar-refractivity contribution in [2.24, 2.45) is 5.84 Å². The molecule has 0 aromatic carbocycles. The molecule has 0 aliphatic rings. The molecule has 0 radical (unpaired) electrons. The minimum absolute atomic E-state index is 0.264. The van der Waals surface area contributed by atoms with Gasteiger partial charge in [0.05, 0.1) is 13.3 Å². The molecule has 12 heavy (non-hydrogen) atoms. The molecule has 68 valence electrons. The van der Waals surface area contributed by atoms with E-state index in [1.165, 1.54) is 0 Å². The van der Waals surface area contributed by atoms with Crippen LogP contribution in [0.2, 0.25) is 0 Å². The number of nitrogens with zero attached hydrogens (tertiary/aromatic N) is 2. The summed E-state index contributed by atoms with van der Waals surface area (Å²) < 4.78 is 6.80. The number of methoxy groups -OCH3 is 1. The summed E-state index contributed by atoms with van der Waals surface area (Å²) >= 11 is 0. The SMILES string of the molecule is COc1cnn(C(C)C)c1NN. The number of anilines is 1. The molecule has 0 atom stereocenters. The third-order valence-corrected chi connectivity index (χ3v) is 1.61. The predicted molar refractivity (Wildman–Crippen MR) is 47.0 cm³/mol. The standard InChI is InChI=1S/C7H14N4O/c1-5(2)11-7(10-8)6(12-3)4-9-11/h4-5,10H,8H2,1-3H3. The summed E-state index contributed by atoms with van der Waals surface area (Å²) in [5.74, 6) is 6.68. The molecule has 0 bridgehead atoms. The Labute approximate surface area is 71.5 Å². The van der Waals surface area contributed by atoms with E-state index in [1.807, 2.05) is 13.8 Å². The second kappa shape index (κ2) is 3.44. The lowest BCUT2D eigenvalue weighted by Crippen LogP contribution is -2.15. The molecule has 0 saturated heterocycles. The normalized spacial score (nSPS) is 10.4. The minimum Gasteiger partial charge on any atom is -0.491 e. The summed E-state index contributed by atoms with van der Waals surface area (Å²) in [6.45, 7) is 4.04. The van der Waals surface area contributed by atoms with Crippen LogP contribution in [0, 0.1) is 0 Å². The van der Waals surface area contributed by atoms with Gasteiger partial charge >= 0.3 is 0 Å². The molecule has 1 aromatic rings. The molecule has 0 amide bonds. The van der Waals surface area contributed by atoms with Crippen molar-refractivity contribution in [1.29, 1.82) is 0 Å². The molecule has 1 heterocycles. The zero-order valence-electron chi connectivity index (χ0n) is 7.53. The number of hydrogen-bond acceptors (Lipinski definition) is 4.